The van der Waals surface area contributed by atoms with Gasteiger partial charge in [-0.15, -0.1) is 0 Å². The van der Waals surface area contributed by atoms with E-state index in [0.29, 0.717) is 12.0 Å². The third-order valence-corrected chi connectivity index (χ3v) is 3.98. The van der Waals surface area contributed by atoms with Gasteiger partial charge in [0.15, 0.2) is 0 Å². The zero-order valence-electron chi connectivity index (χ0n) is 11.1. The fourth-order valence-electron chi connectivity index (χ4n) is 2.18. The van der Waals surface area contributed by atoms with Gasteiger partial charge in [0.05, 0.1) is 11.6 Å². The van der Waals surface area contributed by atoms with Crippen molar-refractivity contribution < 1.29 is 4.79 Å². The van der Waals surface area contributed by atoms with Gasteiger partial charge in [0.25, 0.3) is 0 Å². The van der Waals surface area contributed by atoms with E-state index in [1.807, 2.05) is 36.4 Å². The Morgan fingerprint density at radius 3 is 2.55 bits per heavy atom. The van der Waals surface area contributed by atoms with Crippen molar-refractivity contribution in [3.05, 3.63) is 68.8 Å². The highest BCUT2D eigenvalue weighted by Gasteiger charge is 2.17. The lowest BCUT2D eigenvalue weighted by Crippen LogP contribution is -2.12. The summed E-state index contributed by atoms with van der Waals surface area (Å²) in [5.74, 6) is -0.0676. The molecule has 2 aromatic carbocycles. The zero-order valence-corrected chi connectivity index (χ0v) is 13.3. The van der Waals surface area contributed by atoms with Gasteiger partial charge in [0, 0.05) is 9.49 Å². The molecule has 2 nitrogen and oxygen atoms in total. The number of ketones is 1. The van der Waals surface area contributed by atoms with Crippen molar-refractivity contribution in [3.8, 4) is 6.07 Å². The summed E-state index contributed by atoms with van der Waals surface area (Å²) in [6, 6.07) is 17.6. The summed E-state index contributed by atoms with van der Waals surface area (Å²) in [7, 11) is 0. The van der Waals surface area contributed by atoms with Crippen LogP contribution < -0.4 is 0 Å². The van der Waals surface area contributed by atoms with Gasteiger partial charge in [-0.3, -0.25) is 4.79 Å². The lowest BCUT2D eigenvalue weighted by molar-refractivity contribution is -0.118. The third kappa shape index (κ3) is 3.67. The first-order valence-electron chi connectivity index (χ1n) is 6.35. The van der Waals surface area contributed by atoms with Crippen LogP contribution in [0.2, 0.25) is 0 Å². The first kappa shape index (κ1) is 14.7. The summed E-state index contributed by atoms with van der Waals surface area (Å²) in [4.78, 5) is 11.9. The second kappa shape index (κ2) is 6.67. The van der Waals surface area contributed by atoms with Crippen molar-refractivity contribution in [2.24, 2.45) is 0 Å². The minimum absolute atomic E-state index is 0.124. The smallest absolute Gasteiger partial charge is 0.137 e. The van der Waals surface area contributed by atoms with E-state index >= 15 is 0 Å². The number of halogens is 1. The summed E-state index contributed by atoms with van der Waals surface area (Å²) in [6.45, 7) is 1.61. The molecule has 0 amide bonds. The van der Waals surface area contributed by atoms with Crippen molar-refractivity contribution in [2.75, 3.05) is 0 Å². The molecule has 0 fully saturated rings. The van der Waals surface area contributed by atoms with Gasteiger partial charge >= 0.3 is 0 Å². The Kier molecular flexibility index (Phi) is 4.91. The molecule has 20 heavy (non-hydrogen) atoms. The fourth-order valence-corrected chi connectivity index (χ4v) is 2.54. The molecular weight excluding hydrogens is 361 g/mol. The van der Waals surface area contributed by atoms with Gasteiger partial charge in [0.1, 0.15) is 5.78 Å². The molecule has 0 aliphatic heterocycles. The molecular formula is C17H14INO. The molecule has 0 aliphatic carbocycles. The van der Waals surface area contributed by atoms with Crippen molar-refractivity contribution in [1.29, 1.82) is 5.26 Å². The molecule has 0 heterocycles. The first-order chi connectivity index (χ1) is 9.60. The topological polar surface area (TPSA) is 40.9 Å². The Bertz CT molecular complexity index is 655. The van der Waals surface area contributed by atoms with Crippen LogP contribution in [0.15, 0.2) is 48.5 Å². The lowest BCUT2D eigenvalue weighted by atomic mass is 9.88. The van der Waals surface area contributed by atoms with Gasteiger partial charge in [-0.05, 0) is 71.3 Å². The molecule has 0 saturated heterocycles. The Morgan fingerprint density at radius 2 is 1.95 bits per heavy atom. The number of carbonyl (C=O) groups excluding carboxylic acids is 1. The Balaban J connectivity index is 2.29. The molecule has 0 N–H and O–H groups in total. The molecule has 0 spiro atoms. The van der Waals surface area contributed by atoms with Crippen LogP contribution >= 0.6 is 22.6 Å². The number of Topliss-reactive ketones (excluding diaryl/α,β-unsaturated/α-hetero) is 1. The van der Waals surface area contributed by atoms with E-state index in [0.717, 1.165) is 11.1 Å². The monoisotopic (exact) mass is 375 g/mol. The largest absolute Gasteiger partial charge is 0.299 e. The van der Waals surface area contributed by atoms with Crippen molar-refractivity contribution in [2.45, 2.75) is 19.3 Å². The minimum Gasteiger partial charge on any atom is -0.299 e. The van der Waals surface area contributed by atoms with Gasteiger partial charge in [-0.25, -0.2) is 0 Å². The predicted octanol–water partition coefficient (Wildman–Crippen LogP) is 4.08. The fraction of sp³-hybridized carbons (Fsp3) is 0.176. The molecule has 0 bridgehead atoms. The van der Waals surface area contributed by atoms with E-state index in [1.165, 1.54) is 3.57 Å². The number of nitrogens with zero attached hydrogens (tertiary/aromatic N) is 1. The minimum atomic E-state index is -0.191. The van der Waals surface area contributed by atoms with E-state index in [2.05, 4.69) is 28.7 Å². The Labute approximate surface area is 132 Å². The highest BCUT2D eigenvalue weighted by molar-refractivity contribution is 14.1. The van der Waals surface area contributed by atoms with Crippen molar-refractivity contribution in [3.63, 3.8) is 0 Å². The van der Waals surface area contributed by atoms with E-state index in [4.69, 9.17) is 5.26 Å². The normalized spacial score (nSPS) is 11.7. The highest BCUT2D eigenvalue weighted by atomic mass is 127. The highest BCUT2D eigenvalue weighted by Crippen LogP contribution is 2.23. The maximum Gasteiger partial charge on any atom is 0.137 e. The summed E-state index contributed by atoms with van der Waals surface area (Å²) in [6.07, 6.45) is 0.668. The average molecular weight is 375 g/mol. The zero-order chi connectivity index (χ0) is 14.5. The number of rotatable bonds is 4. The number of hydrogen-bond acceptors (Lipinski definition) is 2. The van der Waals surface area contributed by atoms with Gasteiger partial charge in [0.2, 0.25) is 0 Å². The predicted molar refractivity (Wildman–Crippen MR) is 87.4 cm³/mol. The van der Waals surface area contributed by atoms with Crippen LogP contribution in [-0.4, -0.2) is 5.78 Å². The van der Waals surface area contributed by atoms with Crippen LogP contribution in [0.4, 0.5) is 0 Å². The van der Waals surface area contributed by atoms with Crippen molar-refractivity contribution >= 4 is 28.4 Å². The standard InChI is InChI=1S/C17H14INO/c1-12(20)17(10-13-5-7-16(18)8-6-13)15-4-2-3-14(9-15)11-19/h2-9,17H,10H2,1H3. The Hall–Kier alpha value is -1.67. The van der Waals surface area contributed by atoms with E-state index in [9.17, 15) is 4.79 Å². The van der Waals surface area contributed by atoms with Crippen LogP contribution in [0, 0.1) is 14.9 Å². The van der Waals surface area contributed by atoms with E-state index in [1.54, 1.807) is 19.1 Å². The van der Waals surface area contributed by atoms with Crippen LogP contribution in [0.5, 0.6) is 0 Å². The maximum absolute atomic E-state index is 11.9. The van der Waals surface area contributed by atoms with Crippen molar-refractivity contribution in [1.82, 2.24) is 0 Å². The van der Waals surface area contributed by atoms with Crippen LogP contribution in [0.3, 0.4) is 0 Å². The first-order valence-corrected chi connectivity index (χ1v) is 7.43. The summed E-state index contributed by atoms with van der Waals surface area (Å²) in [5, 5.41) is 8.97. The second-order valence-corrected chi connectivity index (χ2v) is 5.98. The van der Waals surface area contributed by atoms with Gasteiger partial charge in [-0.1, -0.05) is 24.3 Å². The number of nitriles is 1. The van der Waals surface area contributed by atoms with Gasteiger partial charge < -0.3 is 0 Å². The van der Waals surface area contributed by atoms with Gasteiger partial charge in [-0.2, -0.15) is 5.26 Å². The van der Waals surface area contributed by atoms with Crippen LogP contribution in [-0.2, 0) is 11.2 Å². The molecule has 0 aliphatic rings. The van der Waals surface area contributed by atoms with Crippen LogP contribution in [0.25, 0.3) is 0 Å². The molecule has 2 rings (SSSR count). The molecule has 3 heteroatoms. The molecule has 100 valence electrons. The number of carbonyl (C=O) groups is 1. The molecule has 0 aromatic heterocycles. The average Bonchev–Trinajstić information content (AvgIpc) is 2.46. The molecule has 1 unspecified atom stereocenters. The SMILES string of the molecule is CC(=O)C(Cc1ccc(I)cc1)c1cccc(C#N)c1. The molecule has 1 atom stereocenters. The molecule has 2 aromatic rings. The summed E-state index contributed by atoms with van der Waals surface area (Å²) >= 11 is 2.26. The summed E-state index contributed by atoms with van der Waals surface area (Å²) < 4.78 is 1.18. The Morgan fingerprint density at radius 1 is 1.25 bits per heavy atom. The van der Waals surface area contributed by atoms with E-state index < -0.39 is 0 Å². The second-order valence-electron chi connectivity index (χ2n) is 4.73. The number of benzene rings is 2. The lowest BCUT2D eigenvalue weighted by Gasteiger charge is -2.14. The quantitative estimate of drug-likeness (QED) is 0.756. The third-order valence-electron chi connectivity index (χ3n) is 3.26. The molecule has 0 radical (unpaired) electrons. The van der Waals surface area contributed by atoms with E-state index in [-0.39, 0.29) is 11.7 Å². The maximum atomic E-state index is 11.9. The summed E-state index contributed by atoms with van der Waals surface area (Å²) in [5.41, 5.74) is 2.64. The molecule has 0 saturated carbocycles. The van der Waals surface area contributed by atoms with Crippen LogP contribution in [0.1, 0.15) is 29.5 Å². The number of hydrogen-bond donors (Lipinski definition) is 0.